The van der Waals surface area contributed by atoms with Crippen LogP contribution in [0.2, 0.25) is 0 Å². The molecule has 1 aliphatic rings. The number of ether oxygens (including phenoxy) is 1. The zero-order valence-electron chi connectivity index (χ0n) is 12.4. The van der Waals surface area contributed by atoms with Crippen LogP contribution in [0.4, 0.5) is 0 Å². The van der Waals surface area contributed by atoms with Gasteiger partial charge in [0.05, 0.1) is 6.61 Å². The second-order valence-corrected chi connectivity index (χ2v) is 5.52. The van der Waals surface area contributed by atoms with Crippen molar-refractivity contribution in [2.75, 3.05) is 6.61 Å². The third kappa shape index (κ3) is 3.83. The van der Waals surface area contributed by atoms with Crippen molar-refractivity contribution in [3.05, 3.63) is 34.9 Å². The molecule has 1 fully saturated rings. The molecule has 110 valence electrons. The van der Waals surface area contributed by atoms with E-state index in [1.54, 1.807) is 0 Å². The van der Waals surface area contributed by atoms with E-state index in [0.29, 0.717) is 25.5 Å². The molecule has 3 nitrogen and oxygen atoms in total. The molecule has 20 heavy (non-hydrogen) atoms. The van der Waals surface area contributed by atoms with Gasteiger partial charge in [-0.15, -0.1) is 0 Å². The highest BCUT2D eigenvalue weighted by molar-refractivity contribution is 5.69. The summed E-state index contributed by atoms with van der Waals surface area (Å²) in [6.45, 7) is 2.87. The Morgan fingerprint density at radius 2 is 2.10 bits per heavy atom. The highest BCUT2D eigenvalue weighted by atomic mass is 16.5. The predicted molar refractivity (Wildman–Crippen MR) is 80.5 cm³/mol. The molecule has 1 saturated carbocycles. The van der Waals surface area contributed by atoms with Crippen molar-refractivity contribution in [3.8, 4) is 0 Å². The smallest absolute Gasteiger partial charge is 0.306 e. The zero-order chi connectivity index (χ0) is 14.4. The normalized spacial score (nSPS) is 15.5. The first-order valence-electron chi connectivity index (χ1n) is 7.72. The van der Waals surface area contributed by atoms with E-state index in [0.717, 1.165) is 6.42 Å². The molecule has 0 aliphatic heterocycles. The minimum absolute atomic E-state index is 0.123. The SMILES string of the molecule is CCOC(=O)CCc1ccc(C2CCCC2)c(CN)c1. The number of carbonyl (C=O) groups is 1. The summed E-state index contributed by atoms with van der Waals surface area (Å²) < 4.78 is 4.96. The van der Waals surface area contributed by atoms with Crippen molar-refractivity contribution >= 4 is 5.97 Å². The van der Waals surface area contributed by atoms with Crippen molar-refractivity contribution in [2.45, 2.75) is 57.9 Å². The summed E-state index contributed by atoms with van der Waals surface area (Å²) in [7, 11) is 0. The van der Waals surface area contributed by atoms with Crippen LogP contribution in [0.3, 0.4) is 0 Å². The molecule has 0 atom stereocenters. The largest absolute Gasteiger partial charge is 0.466 e. The van der Waals surface area contributed by atoms with Crippen molar-refractivity contribution in [2.24, 2.45) is 5.73 Å². The van der Waals surface area contributed by atoms with Gasteiger partial charge in [0.25, 0.3) is 0 Å². The van der Waals surface area contributed by atoms with E-state index in [-0.39, 0.29) is 5.97 Å². The molecule has 0 radical (unpaired) electrons. The van der Waals surface area contributed by atoms with Crippen molar-refractivity contribution < 1.29 is 9.53 Å². The number of benzene rings is 1. The molecule has 0 amide bonds. The molecule has 3 heteroatoms. The molecule has 1 aliphatic carbocycles. The Morgan fingerprint density at radius 3 is 2.75 bits per heavy atom. The number of hydrogen-bond donors (Lipinski definition) is 1. The molecule has 0 saturated heterocycles. The molecule has 0 bridgehead atoms. The van der Waals surface area contributed by atoms with E-state index >= 15 is 0 Å². The third-order valence-corrected chi connectivity index (χ3v) is 4.15. The lowest BCUT2D eigenvalue weighted by Gasteiger charge is -2.16. The summed E-state index contributed by atoms with van der Waals surface area (Å²) in [6.07, 6.45) is 6.42. The van der Waals surface area contributed by atoms with Crippen molar-refractivity contribution in [3.63, 3.8) is 0 Å². The number of esters is 1. The molecular weight excluding hydrogens is 250 g/mol. The van der Waals surface area contributed by atoms with E-state index in [1.807, 2.05) is 6.92 Å². The van der Waals surface area contributed by atoms with Gasteiger partial charge in [-0.3, -0.25) is 4.79 Å². The molecule has 2 rings (SSSR count). The topological polar surface area (TPSA) is 52.3 Å². The predicted octanol–water partition coefficient (Wildman–Crippen LogP) is 3.30. The van der Waals surface area contributed by atoms with E-state index in [2.05, 4.69) is 18.2 Å². The number of hydrogen-bond acceptors (Lipinski definition) is 3. The maximum Gasteiger partial charge on any atom is 0.306 e. The molecule has 0 aromatic heterocycles. The van der Waals surface area contributed by atoms with Gasteiger partial charge in [-0.05, 0) is 48.8 Å². The van der Waals surface area contributed by atoms with Crippen LogP contribution in [0.5, 0.6) is 0 Å². The second kappa shape index (κ2) is 7.44. The van der Waals surface area contributed by atoms with Gasteiger partial charge in [-0.2, -0.15) is 0 Å². The van der Waals surface area contributed by atoms with Gasteiger partial charge in [0.2, 0.25) is 0 Å². The molecule has 0 unspecified atom stereocenters. The maximum absolute atomic E-state index is 11.4. The summed E-state index contributed by atoms with van der Waals surface area (Å²) >= 11 is 0. The van der Waals surface area contributed by atoms with Crippen molar-refractivity contribution in [1.29, 1.82) is 0 Å². The van der Waals surface area contributed by atoms with Crippen LogP contribution in [-0.2, 0) is 22.5 Å². The molecule has 1 aromatic carbocycles. The van der Waals surface area contributed by atoms with Gasteiger partial charge in [0, 0.05) is 13.0 Å². The minimum Gasteiger partial charge on any atom is -0.466 e. The summed E-state index contributed by atoms with van der Waals surface area (Å²) in [4.78, 5) is 11.4. The average molecular weight is 275 g/mol. The molecule has 0 heterocycles. The first kappa shape index (κ1) is 15.0. The van der Waals surface area contributed by atoms with Gasteiger partial charge < -0.3 is 10.5 Å². The Balaban J connectivity index is 2.03. The first-order valence-corrected chi connectivity index (χ1v) is 7.72. The van der Waals surface area contributed by atoms with Crippen LogP contribution in [0, 0.1) is 0 Å². The molecule has 1 aromatic rings. The van der Waals surface area contributed by atoms with Crippen LogP contribution in [0.1, 0.15) is 61.6 Å². The van der Waals surface area contributed by atoms with Gasteiger partial charge in [0.15, 0.2) is 0 Å². The van der Waals surface area contributed by atoms with Gasteiger partial charge >= 0.3 is 5.97 Å². The van der Waals surface area contributed by atoms with Crippen LogP contribution < -0.4 is 5.73 Å². The standard InChI is InChI=1S/C17H25NO2/c1-2-20-17(19)10-8-13-7-9-16(15(11-13)12-18)14-5-3-4-6-14/h7,9,11,14H,2-6,8,10,12,18H2,1H3. The molecule has 2 N–H and O–H groups in total. The quantitative estimate of drug-likeness (QED) is 0.810. The number of aryl methyl sites for hydroxylation is 1. The zero-order valence-corrected chi connectivity index (χ0v) is 12.4. The number of carbonyl (C=O) groups excluding carboxylic acids is 1. The van der Waals surface area contributed by atoms with Crippen LogP contribution in [-0.4, -0.2) is 12.6 Å². The highest BCUT2D eigenvalue weighted by Gasteiger charge is 2.19. The van der Waals surface area contributed by atoms with Crippen LogP contribution >= 0.6 is 0 Å². The fourth-order valence-electron chi connectivity index (χ4n) is 3.11. The van der Waals surface area contributed by atoms with E-state index < -0.39 is 0 Å². The molecular formula is C17H25NO2. The Hall–Kier alpha value is -1.35. The minimum atomic E-state index is -0.123. The lowest BCUT2D eigenvalue weighted by atomic mass is 9.91. The Kier molecular flexibility index (Phi) is 5.60. The number of rotatable bonds is 6. The van der Waals surface area contributed by atoms with Crippen LogP contribution in [0.15, 0.2) is 18.2 Å². The molecule has 0 spiro atoms. The summed E-state index contributed by atoms with van der Waals surface area (Å²) in [5.74, 6) is 0.564. The monoisotopic (exact) mass is 275 g/mol. The fraction of sp³-hybridized carbons (Fsp3) is 0.588. The summed E-state index contributed by atoms with van der Waals surface area (Å²) in [5.41, 5.74) is 9.75. The van der Waals surface area contributed by atoms with Gasteiger partial charge in [-0.25, -0.2) is 0 Å². The van der Waals surface area contributed by atoms with Gasteiger partial charge in [-0.1, -0.05) is 31.0 Å². The van der Waals surface area contributed by atoms with Crippen molar-refractivity contribution in [1.82, 2.24) is 0 Å². The Morgan fingerprint density at radius 1 is 1.35 bits per heavy atom. The summed E-state index contributed by atoms with van der Waals surface area (Å²) in [6, 6.07) is 6.54. The lowest BCUT2D eigenvalue weighted by Crippen LogP contribution is -2.08. The fourth-order valence-corrected chi connectivity index (χ4v) is 3.11. The Bertz CT molecular complexity index is 450. The van der Waals surface area contributed by atoms with Gasteiger partial charge in [0.1, 0.15) is 0 Å². The van der Waals surface area contributed by atoms with Crippen LogP contribution in [0.25, 0.3) is 0 Å². The third-order valence-electron chi connectivity index (χ3n) is 4.15. The first-order chi connectivity index (χ1) is 9.74. The lowest BCUT2D eigenvalue weighted by molar-refractivity contribution is -0.143. The summed E-state index contributed by atoms with van der Waals surface area (Å²) in [5, 5.41) is 0. The maximum atomic E-state index is 11.4. The Labute approximate surface area is 121 Å². The highest BCUT2D eigenvalue weighted by Crippen LogP contribution is 2.36. The van der Waals surface area contributed by atoms with E-state index in [4.69, 9.17) is 10.5 Å². The van der Waals surface area contributed by atoms with E-state index in [9.17, 15) is 4.79 Å². The van der Waals surface area contributed by atoms with E-state index in [1.165, 1.54) is 42.4 Å². The average Bonchev–Trinajstić information content (AvgIpc) is 2.99. The number of nitrogens with two attached hydrogens (primary N) is 1. The second-order valence-electron chi connectivity index (χ2n) is 5.52.